The summed E-state index contributed by atoms with van der Waals surface area (Å²) in [7, 11) is 0. The van der Waals surface area contributed by atoms with Crippen LogP contribution in [0.25, 0.3) is 22.3 Å². The van der Waals surface area contributed by atoms with Crippen molar-refractivity contribution in [2.24, 2.45) is 0 Å². The van der Waals surface area contributed by atoms with Crippen LogP contribution in [0.4, 0.5) is 0 Å². The third-order valence-corrected chi connectivity index (χ3v) is 4.85. The van der Waals surface area contributed by atoms with Crippen LogP contribution in [0.15, 0.2) is 66.7 Å². The first-order chi connectivity index (χ1) is 16.0. The van der Waals surface area contributed by atoms with E-state index in [1.54, 1.807) is 48.5 Å². The van der Waals surface area contributed by atoms with E-state index in [-0.39, 0.29) is 17.7 Å². The van der Waals surface area contributed by atoms with Crippen LogP contribution < -0.4 is 0 Å². The molecule has 3 aromatic rings. The Kier molecular flexibility index (Phi) is 8.36. The van der Waals surface area contributed by atoms with Gasteiger partial charge in [0.25, 0.3) is 0 Å². The molecule has 0 spiro atoms. The van der Waals surface area contributed by atoms with E-state index in [0.717, 1.165) is 27.8 Å². The van der Waals surface area contributed by atoms with Crippen molar-refractivity contribution in [1.82, 2.24) is 0 Å². The number of rotatable bonds is 9. The van der Waals surface area contributed by atoms with Crippen molar-refractivity contribution >= 4 is 11.9 Å². The first-order valence-electron chi connectivity index (χ1n) is 10.4. The van der Waals surface area contributed by atoms with Gasteiger partial charge in [0.1, 0.15) is 6.61 Å². The van der Waals surface area contributed by atoms with Crippen LogP contribution in [0.3, 0.4) is 0 Å². The number of carboxylic acid groups (broad SMARTS) is 2. The molecule has 6 nitrogen and oxygen atoms in total. The lowest BCUT2D eigenvalue weighted by Gasteiger charge is -2.09. The summed E-state index contributed by atoms with van der Waals surface area (Å²) in [6, 6.07) is 19.1. The Balaban J connectivity index is 1.91. The van der Waals surface area contributed by atoms with Crippen molar-refractivity contribution in [3.63, 3.8) is 0 Å². The zero-order chi connectivity index (χ0) is 23.6. The first kappa shape index (κ1) is 23.7. The van der Waals surface area contributed by atoms with Gasteiger partial charge in [0.2, 0.25) is 0 Å². The highest BCUT2D eigenvalue weighted by Crippen LogP contribution is 2.29. The molecule has 0 unspecified atom stereocenters. The maximum absolute atomic E-state index is 11.2. The molecule has 0 aliphatic heterocycles. The lowest BCUT2D eigenvalue weighted by atomic mass is 9.95. The first-order valence-corrected chi connectivity index (χ1v) is 10.4. The van der Waals surface area contributed by atoms with Gasteiger partial charge in [0, 0.05) is 12.2 Å². The highest BCUT2D eigenvalue weighted by atomic mass is 16.5. The predicted octanol–water partition coefficient (Wildman–Crippen LogP) is 4.82. The van der Waals surface area contributed by atoms with Gasteiger partial charge in [-0.1, -0.05) is 36.1 Å². The van der Waals surface area contributed by atoms with E-state index in [9.17, 15) is 9.59 Å². The topological polar surface area (TPSA) is 93.1 Å². The van der Waals surface area contributed by atoms with Crippen LogP contribution in [0.5, 0.6) is 0 Å². The number of hydrogen-bond donors (Lipinski definition) is 2. The van der Waals surface area contributed by atoms with Crippen LogP contribution in [0.2, 0.25) is 0 Å². The number of benzene rings is 3. The summed E-state index contributed by atoms with van der Waals surface area (Å²) in [5.74, 6) is 4.15. The zero-order valence-electron chi connectivity index (χ0n) is 18.2. The smallest absolute Gasteiger partial charge is 0.335 e. The Bertz CT molecular complexity index is 1090. The highest BCUT2D eigenvalue weighted by Gasteiger charge is 2.08. The second-order valence-corrected chi connectivity index (χ2v) is 7.12. The summed E-state index contributed by atoms with van der Waals surface area (Å²) < 4.78 is 10.7. The van der Waals surface area contributed by atoms with Gasteiger partial charge in [0.15, 0.2) is 0 Å². The van der Waals surface area contributed by atoms with Crippen LogP contribution in [-0.2, 0) is 9.47 Å². The molecule has 0 saturated carbocycles. The molecule has 6 heteroatoms. The van der Waals surface area contributed by atoms with Crippen molar-refractivity contribution in [2.45, 2.75) is 6.92 Å². The molecule has 0 aromatic heterocycles. The number of carbonyl (C=O) groups is 2. The molecule has 0 amide bonds. The van der Waals surface area contributed by atoms with Gasteiger partial charge in [-0.25, -0.2) is 9.59 Å². The maximum atomic E-state index is 11.2. The summed E-state index contributed by atoms with van der Waals surface area (Å²) in [4.78, 5) is 22.3. The van der Waals surface area contributed by atoms with Gasteiger partial charge in [-0.05, 0) is 71.6 Å². The van der Waals surface area contributed by atoms with Crippen molar-refractivity contribution in [3.8, 4) is 34.1 Å². The molecule has 3 rings (SSSR count). The van der Waals surface area contributed by atoms with Crippen molar-refractivity contribution in [1.29, 1.82) is 0 Å². The largest absolute Gasteiger partial charge is 0.478 e. The van der Waals surface area contributed by atoms with E-state index in [0.29, 0.717) is 19.8 Å². The second kappa shape index (κ2) is 11.6. The lowest BCUT2D eigenvalue weighted by molar-refractivity contribution is 0.0662. The average molecular weight is 444 g/mol. The van der Waals surface area contributed by atoms with Gasteiger partial charge < -0.3 is 19.7 Å². The molecule has 3 aromatic carbocycles. The summed E-state index contributed by atoms with van der Waals surface area (Å²) in [5, 5.41) is 18.3. The Labute approximate surface area is 192 Å². The monoisotopic (exact) mass is 444 g/mol. The van der Waals surface area contributed by atoms with Gasteiger partial charge in [-0.3, -0.25) is 0 Å². The molecule has 0 fully saturated rings. The van der Waals surface area contributed by atoms with Gasteiger partial charge >= 0.3 is 11.9 Å². The number of aromatic carboxylic acids is 2. The molecule has 0 aliphatic rings. The van der Waals surface area contributed by atoms with E-state index in [1.165, 1.54) is 0 Å². The minimum absolute atomic E-state index is 0.211. The van der Waals surface area contributed by atoms with Gasteiger partial charge in [0.05, 0.1) is 24.3 Å². The molecule has 0 bridgehead atoms. The maximum Gasteiger partial charge on any atom is 0.335 e. The minimum Gasteiger partial charge on any atom is -0.478 e. The van der Waals surface area contributed by atoms with Crippen LogP contribution in [0, 0.1) is 11.8 Å². The molecule has 0 aliphatic carbocycles. The summed E-state index contributed by atoms with van der Waals surface area (Å²) in [6.07, 6.45) is 0. The fourth-order valence-corrected chi connectivity index (χ4v) is 3.17. The minimum atomic E-state index is -0.982. The van der Waals surface area contributed by atoms with Gasteiger partial charge in [-0.2, -0.15) is 0 Å². The quantitative estimate of drug-likeness (QED) is 0.363. The Morgan fingerprint density at radius 2 is 1.21 bits per heavy atom. The highest BCUT2D eigenvalue weighted by molar-refractivity contribution is 5.89. The van der Waals surface area contributed by atoms with E-state index in [1.807, 2.05) is 25.1 Å². The van der Waals surface area contributed by atoms with E-state index in [2.05, 4.69) is 11.8 Å². The second-order valence-electron chi connectivity index (χ2n) is 7.12. The summed E-state index contributed by atoms with van der Waals surface area (Å²) in [5.41, 5.74) is 4.62. The van der Waals surface area contributed by atoms with Crippen LogP contribution >= 0.6 is 0 Å². The lowest BCUT2D eigenvalue weighted by Crippen LogP contribution is -2.03. The summed E-state index contributed by atoms with van der Waals surface area (Å²) >= 11 is 0. The predicted molar refractivity (Wildman–Crippen MR) is 125 cm³/mol. The summed E-state index contributed by atoms with van der Waals surface area (Å²) in [6.45, 7) is 3.84. The normalized spacial score (nSPS) is 10.3. The van der Waals surface area contributed by atoms with Crippen molar-refractivity contribution < 1.29 is 29.3 Å². The Morgan fingerprint density at radius 1 is 0.727 bits per heavy atom. The molecule has 2 N–H and O–H groups in total. The third kappa shape index (κ3) is 6.78. The van der Waals surface area contributed by atoms with E-state index in [4.69, 9.17) is 19.7 Å². The van der Waals surface area contributed by atoms with E-state index >= 15 is 0 Å². The van der Waals surface area contributed by atoms with Crippen LogP contribution in [-0.4, -0.2) is 48.6 Å². The zero-order valence-corrected chi connectivity index (χ0v) is 18.2. The molecule has 168 valence electrons. The SMILES string of the molecule is CCOCCOCC#Cc1cc(-c2ccc(C(=O)O)cc2)cc(-c2ccc(C(=O)O)cc2)c1. The van der Waals surface area contributed by atoms with Crippen molar-refractivity contribution in [2.75, 3.05) is 26.4 Å². The number of ether oxygens (including phenoxy) is 2. The molecular formula is C27H24O6. The Morgan fingerprint density at radius 3 is 1.67 bits per heavy atom. The molecular weight excluding hydrogens is 420 g/mol. The average Bonchev–Trinajstić information content (AvgIpc) is 2.83. The van der Waals surface area contributed by atoms with E-state index < -0.39 is 11.9 Å². The number of hydrogen-bond acceptors (Lipinski definition) is 4. The molecule has 0 saturated heterocycles. The molecule has 0 heterocycles. The van der Waals surface area contributed by atoms with Gasteiger partial charge in [-0.15, -0.1) is 0 Å². The molecule has 33 heavy (non-hydrogen) atoms. The standard InChI is InChI=1S/C27H24O6/c1-2-32-14-15-33-13-3-4-19-16-24(20-5-9-22(10-6-20)26(28)29)18-25(17-19)21-7-11-23(12-8-21)27(30)31/h5-12,16-18H,2,13-15H2,1H3,(H,28,29)(H,30,31). The fraction of sp³-hybridized carbons (Fsp3) is 0.185. The Hall–Kier alpha value is -3.92. The van der Waals surface area contributed by atoms with Crippen LogP contribution in [0.1, 0.15) is 33.2 Å². The third-order valence-electron chi connectivity index (χ3n) is 4.85. The number of carboxylic acids is 2. The fourth-order valence-electron chi connectivity index (χ4n) is 3.17. The molecule has 0 radical (unpaired) electrons. The molecule has 0 atom stereocenters. The van der Waals surface area contributed by atoms with Crippen molar-refractivity contribution in [3.05, 3.63) is 83.4 Å².